The van der Waals surface area contributed by atoms with Crippen molar-refractivity contribution in [2.45, 2.75) is 6.42 Å². The Balaban J connectivity index is 0.000000220. The van der Waals surface area contributed by atoms with Gasteiger partial charge in [-0.15, -0.1) is 0 Å². The Hall–Kier alpha value is -5.10. The Kier molecular flexibility index (Phi) is 11.8. The molecule has 6 nitrogen and oxygen atoms in total. The van der Waals surface area contributed by atoms with Crippen molar-refractivity contribution in [2.24, 2.45) is 0 Å². The van der Waals surface area contributed by atoms with Crippen molar-refractivity contribution in [3.63, 3.8) is 0 Å². The Morgan fingerprint density at radius 1 is 0.650 bits per heavy atom. The average Bonchev–Trinajstić information content (AvgIpc) is 3.00. The average molecular weight is 537 g/mol. The highest BCUT2D eigenvalue weighted by molar-refractivity contribution is 5.85. The fourth-order valence-electron chi connectivity index (χ4n) is 3.64. The molecule has 0 atom stereocenters. The number of aliphatic carboxylic acids is 1. The molecule has 0 amide bonds. The van der Waals surface area contributed by atoms with E-state index in [0.717, 1.165) is 39.8 Å². The summed E-state index contributed by atoms with van der Waals surface area (Å²) < 4.78 is 16.2. The predicted octanol–water partition coefficient (Wildman–Crippen LogP) is 7.22. The molecule has 0 saturated heterocycles. The number of para-hydroxylation sites is 2. The van der Waals surface area contributed by atoms with Gasteiger partial charge in [0.2, 0.25) is 0 Å². The Labute approximate surface area is 234 Å². The first-order valence-corrected chi connectivity index (χ1v) is 12.7. The van der Waals surface area contributed by atoms with Gasteiger partial charge in [0.15, 0.2) is 0 Å². The van der Waals surface area contributed by atoms with E-state index in [1.165, 1.54) is 0 Å². The molecule has 0 aliphatic rings. The number of carbonyl (C=O) groups excluding carboxylic acids is 1. The number of carboxylic acids is 1. The highest BCUT2D eigenvalue weighted by atomic mass is 16.6. The lowest BCUT2D eigenvalue weighted by Crippen LogP contribution is -2.10. The molecule has 0 spiro atoms. The summed E-state index contributed by atoms with van der Waals surface area (Å²) in [6.07, 6.45) is 1.44. The van der Waals surface area contributed by atoms with E-state index in [9.17, 15) is 9.59 Å². The molecular formula is C34H32O6. The molecule has 0 aromatic heterocycles. The van der Waals surface area contributed by atoms with Crippen LogP contribution in [-0.2, 0) is 14.3 Å². The van der Waals surface area contributed by atoms with Crippen molar-refractivity contribution >= 4 is 11.9 Å². The topological polar surface area (TPSA) is 82.1 Å². The number of ether oxygens (including phenoxy) is 3. The quantitative estimate of drug-likeness (QED) is 0.117. The molecule has 0 unspecified atom stereocenters. The molecule has 40 heavy (non-hydrogen) atoms. The smallest absolute Gasteiger partial charge is 0.331 e. The van der Waals surface area contributed by atoms with Gasteiger partial charge < -0.3 is 19.3 Å². The van der Waals surface area contributed by atoms with Gasteiger partial charge in [-0.3, -0.25) is 0 Å². The molecule has 1 N–H and O–H groups in total. The molecule has 0 saturated carbocycles. The zero-order valence-corrected chi connectivity index (χ0v) is 22.2. The van der Waals surface area contributed by atoms with Crippen LogP contribution in [0.1, 0.15) is 6.42 Å². The van der Waals surface area contributed by atoms with Crippen LogP contribution in [0.5, 0.6) is 11.5 Å². The van der Waals surface area contributed by atoms with Crippen molar-refractivity contribution in [1.82, 2.24) is 0 Å². The molecule has 0 heterocycles. The van der Waals surface area contributed by atoms with E-state index in [1.54, 1.807) is 0 Å². The third kappa shape index (κ3) is 9.33. The summed E-state index contributed by atoms with van der Waals surface area (Å²) in [6.45, 7) is 7.63. The molecule has 0 aliphatic carbocycles. The Morgan fingerprint density at radius 3 is 1.57 bits per heavy atom. The van der Waals surface area contributed by atoms with Gasteiger partial charge in [0.1, 0.15) is 24.7 Å². The first-order chi connectivity index (χ1) is 19.5. The number of esters is 1. The summed E-state index contributed by atoms with van der Waals surface area (Å²) in [5.74, 6) is 0.0973. The molecule has 0 fully saturated rings. The fourth-order valence-corrected chi connectivity index (χ4v) is 3.64. The van der Waals surface area contributed by atoms with Crippen LogP contribution in [-0.4, -0.2) is 36.9 Å². The summed E-state index contributed by atoms with van der Waals surface area (Å²) in [4.78, 5) is 21.6. The first-order valence-electron chi connectivity index (χ1n) is 12.7. The minimum absolute atomic E-state index is 0.155. The minimum atomic E-state index is -0.982. The number of hydrogen-bond acceptors (Lipinski definition) is 5. The van der Waals surface area contributed by atoms with E-state index in [-0.39, 0.29) is 12.2 Å². The third-order valence-corrected chi connectivity index (χ3v) is 5.66. The van der Waals surface area contributed by atoms with Crippen molar-refractivity contribution in [1.29, 1.82) is 0 Å². The monoisotopic (exact) mass is 536 g/mol. The molecule has 6 heteroatoms. The van der Waals surface area contributed by atoms with Crippen LogP contribution < -0.4 is 9.47 Å². The largest absolute Gasteiger partial charge is 0.493 e. The van der Waals surface area contributed by atoms with E-state index in [1.807, 2.05) is 109 Å². The van der Waals surface area contributed by atoms with Crippen LogP contribution >= 0.6 is 0 Å². The number of benzene rings is 4. The summed E-state index contributed by atoms with van der Waals surface area (Å²) in [7, 11) is 0. The summed E-state index contributed by atoms with van der Waals surface area (Å²) in [5, 5.41) is 8.76. The van der Waals surface area contributed by atoms with Gasteiger partial charge in [-0.2, -0.15) is 0 Å². The van der Waals surface area contributed by atoms with Crippen LogP contribution in [0.15, 0.2) is 134 Å². The Morgan fingerprint density at radius 2 is 1.10 bits per heavy atom. The lowest BCUT2D eigenvalue weighted by molar-refractivity contribution is -0.138. The maximum Gasteiger partial charge on any atom is 0.331 e. The van der Waals surface area contributed by atoms with E-state index in [4.69, 9.17) is 19.3 Å². The first kappa shape index (κ1) is 29.5. The van der Waals surface area contributed by atoms with Gasteiger partial charge in [-0.25, -0.2) is 9.59 Å². The second-order valence-electron chi connectivity index (χ2n) is 8.45. The van der Waals surface area contributed by atoms with Gasteiger partial charge in [0.05, 0.1) is 6.61 Å². The number of hydrogen-bond donors (Lipinski definition) is 1. The van der Waals surface area contributed by atoms with Crippen LogP contribution in [0.25, 0.3) is 22.3 Å². The fraction of sp³-hybridized carbons (Fsp3) is 0.118. The molecule has 4 aromatic rings. The van der Waals surface area contributed by atoms with Crippen LogP contribution in [0, 0.1) is 0 Å². The molecule has 0 aliphatic heterocycles. The van der Waals surface area contributed by atoms with Crippen LogP contribution in [0.2, 0.25) is 0 Å². The normalized spacial score (nSPS) is 9.90. The summed E-state index contributed by atoms with van der Waals surface area (Å²) >= 11 is 0. The van der Waals surface area contributed by atoms with Crippen LogP contribution in [0.3, 0.4) is 0 Å². The Bertz CT molecular complexity index is 1390. The molecule has 4 rings (SSSR count). The lowest BCUT2D eigenvalue weighted by Gasteiger charge is -2.11. The van der Waals surface area contributed by atoms with E-state index >= 15 is 0 Å². The van der Waals surface area contributed by atoms with Gasteiger partial charge in [0.25, 0.3) is 0 Å². The van der Waals surface area contributed by atoms with Crippen molar-refractivity contribution in [3.05, 3.63) is 134 Å². The molecule has 0 radical (unpaired) electrons. The zero-order valence-electron chi connectivity index (χ0n) is 22.2. The molecule has 4 aromatic carbocycles. The standard InChI is InChI=1S/2C17H16O3/c1-13(17(18)19)11-12-20-16-10-6-5-9-15(16)14-7-3-2-4-8-14;1-2-17(18)20-13-12-19-16-11-7-6-10-15(16)14-8-4-3-5-9-14/h2-10H,1,11-12H2,(H,18,19);2-11H,1,12-13H2. The number of carbonyl (C=O) groups is 2. The third-order valence-electron chi connectivity index (χ3n) is 5.66. The van der Waals surface area contributed by atoms with Crippen molar-refractivity contribution in [3.8, 4) is 33.8 Å². The summed E-state index contributed by atoms with van der Waals surface area (Å²) in [5.41, 5.74) is 4.32. The highest BCUT2D eigenvalue weighted by Crippen LogP contribution is 2.30. The maximum absolute atomic E-state index is 10.9. The second-order valence-corrected chi connectivity index (χ2v) is 8.45. The van der Waals surface area contributed by atoms with Crippen LogP contribution in [0.4, 0.5) is 0 Å². The number of rotatable bonds is 12. The molecular weight excluding hydrogens is 504 g/mol. The second kappa shape index (κ2) is 16.0. The number of carboxylic acid groups (broad SMARTS) is 1. The SMILES string of the molecule is C=C(CCOc1ccccc1-c1ccccc1)C(=O)O.C=CC(=O)OCCOc1ccccc1-c1ccccc1. The van der Waals surface area contributed by atoms with Gasteiger partial charge in [-0.1, -0.05) is 110 Å². The van der Waals surface area contributed by atoms with Gasteiger partial charge >= 0.3 is 11.9 Å². The summed E-state index contributed by atoms with van der Waals surface area (Å²) in [6, 6.07) is 35.4. The lowest BCUT2D eigenvalue weighted by atomic mass is 10.1. The zero-order chi connectivity index (χ0) is 28.6. The van der Waals surface area contributed by atoms with Crippen molar-refractivity contribution in [2.75, 3.05) is 19.8 Å². The van der Waals surface area contributed by atoms with E-state index in [2.05, 4.69) is 13.2 Å². The van der Waals surface area contributed by atoms with Gasteiger partial charge in [-0.05, 0) is 23.3 Å². The van der Waals surface area contributed by atoms with E-state index in [0.29, 0.717) is 19.6 Å². The van der Waals surface area contributed by atoms with Gasteiger partial charge in [0, 0.05) is 29.2 Å². The highest BCUT2D eigenvalue weighted by Gasteiger charge is 2.08. The van der Waals surface area contributed by atoms with Crippen molar-refractivity contribution < 1.29 is 28.9 Å². The molecule has 0 bridgehead atoms. The molecule has 204 valence electrons. The van der Waals surface area contributed by atoms with E-state index < -0.39 is 11.9 Å². The predicted molar refractivity (Wildman–Crippen MR) is 157 cm³/mol. The minimum Gasteiger partial charge on any atom is -0.493 e. The maximum atomic E-state index is 10.9.